The van der Waals surface area contributed by atoms with Crippen LogP contribution in [0.3, 0.4) is 0 Å². The maximum Gasteiger partial charge on any atom is 0.297 e. The molecule has 0 radical (unpaired) electrons. The van der Waals surface area contributed by atoms with Crippen LogP contribution in [0.1, 0.15) is 5.56 Å². The number of ether oxygens (including phenoxy) is 2. The molecule has 1 aromatic rings. The molecule has 4 unspecified atom stereocenters. The molecular formula is C20H19Cl3O6S. The zero-order valence-corrected chi connectivity index (χ0v) is 19.3. The quantitative estimate of drug-likeness (QED) is 0.272. The molecule has 0 N–H and O–H groups in total. The van der Waals surface area contributed by atoms with Crippen molar-refractivity contribution in [3.8, 4) is 0 Å². The second kappa shape index (κ2) is 6.01. The lowest BCUT2D eigenvalue weighted by atomic mass is 9.78. The fourth-order valence-corrected chi connectivity index (χ4v) is 9.36. The maximum absolute atomic E-state index is 13.5. The number of Topliss-reactive ketones (excluding diaryl/α,β-unsaturated/α-hetero) is 1. The van der Waals surface area contributed by atoms with Gasteiger partial charge in [0.05, 0.1) is 11.0 Å². The van der Waals surface area contributed by atoms with Crippen LogP contribution in [0.2, 0.25) is 0 Å². The molecule has 30 heavy (non-hydrogen) atoms. The van der Waals surface area contributed by atoms with Crippen molar-refractivity contribution in [2.24, 2.45) is 17.8 Å². The molecule has 0 aliphatic heterocycles. The number of hydrogen-bond donors (Lipinski definition) is 0. The number of alkyl halides is 3. The van der Waals surface area contributed by atoms with E-state index in [1.54, 1.807) is 24.3 Å². The smallest absolute Gasteiger partial charge is 0.297 e. The Balaban J connectivity index is 1.66. The summed E-state index contributed by atoms with van der Waals surface area (Å²) in [6.45, 7) is 1.85. The fourth-order valence-electron chi connectivity index (χ4n) is 6.12. The third-order valence-corrected chi connectivity index (χ3v) is 10.9. The highest BCUT2D eigenvalue weighted by atomic mass is 35.5. The van der Waals surface area contributed by atoms with Crippen molar-refractivity contribution in [2.75, 3.05) is 14.2 Å². The van der Waals surface area contributed by atoms with E-state index >= 15 is 0 Å². The lowest BCUT2D eigenvalue weighted by molar-refractivity contribution is -0.223. The summed E-state index contributed by atoms with van der Waals surface area (Å²) < 4.78 is 43.1. The van der Waals surface area contributed by atoms with Gasteiger partial charge in [-0.3, -0.25) is 8.98 Å². The average Bonchev–Trinajstić information content (AvgIpc) is 2.94. The van der Waals surface area contributed by atoms with Gasteiger partial charge in [-0.25, -0.2) is 0 Å². The number of carbonyl (C=O) groups excluding carboxylic acids is 1. The van der Waals surface area contributed by atoms with Gasteiger partial charge < -0.3 is 9.47 Å². The maximum atomic E-state index is 13.5. The normalized spacial score (nSPS) is 44.9. The van der Waals surface area contributed by atoms with Crippen LogP contribution in [-0.2, 0) is 28.6 Å². The Morgan fingerprint density at radius 1 is 0.933 bits per heavy atom. The Bertz CT molecular complexity index is 1080. The molecule has 0 saturated heterocycles. The summed E-state index contributed by atoms with van der Waals surface area (Å²) in [4.78, 5) is 8.46. The number of halogens is 3. The van der Waals surface area contributed by atoms with E-state index in [1.165, 1.54) is 26.4 Å². The molecule has 0 amide bonds. The molecular weight excluding hydrogens is 475 g/mol. The Kier molecular flexibility index (Phi) is 4.25. The minimum atomic E-state index is -4.16. The van der Waals surface area contributed by atoms with E-state index in [0.717, 1.165) is 5.56 Å². The van der Waals surface area contributed by atoms with Gasteiger partial charge in [-0.05, 0) is 19.1 Å². The summed E-state index contributed by atoms with van der Waals surface area (Å²) in [7, 11) is -1.47. The number of benzene rings is 1. The predicted molar refractivity (Wildman–Crippen MR) is 110 cm³/mol. The van der Waals surface area contributed by atoms with Crippen molar-refractivity contribution in [1.82, 2.24) is 0 Å². The number of aryl methyl sites for hydroxylation is 1. The first-order chi connectivity index (χ1) is 14.0. The van der Waals surface area contributed by atoms with Crippen molar-refractivity contribution in [3.05, 3.63) is 42.0 Å². The van der Waals surface area contributed by atoms with E-state index in [1.807, 2.05) is 6.92 Å². The van der Waals surface area contributed by atoms with E-state index < -0.39 is 60.2 Å². The van der Waals surface area contributed by atoms with Crippen LogP contribution in [0.15, 0.2) is 41.3 Å². The molecule has 4 aliphatic rings. The second-order valence-corrected chi connectivity index (χ2v) is 11.6. The molecule has 3 saturated carbocycles. The van der Waals surface area contributed by atoms with E-state index in [4.69, 9.17) is 48.5 Å². The van der Waals surface area contributed by atoms with Crippen LogP contribution in [0.25, 0.3) is 0 Å². The molecule has 4 aliphatic carbocycles. The van der Waals surface area contributed by atoms with Gasteiger partial charge in [0.2, 0.25) is 5.79 Å². The molecule has 4 bridgehead atoms. The van der Waals surface area contributed by atoms with Gasteiger partial charge in [0.1, 0.15) is 9.75 Å². The summed E-state index contributed by atoms with van der Waals surface area (Å²) in [5, 5.41) is 0. The minimum Gasteiger partial charge on any atom is -0.350 e. The first kappa shape index (κ1) is 21.2. The Morgan fingerprint density at radius 2 is 1.50 bits per heavy atom. The number of methoxy groups -OCH3 is 2. The first-order valence-electron chi connectivity index (χ1n) is 9.37. The van der Waals surface area contributed by atoms with Crippen molar-refractivity contribution in [3.63, 3.8) is 0 Å². The summed E-state index contributed by atoms with van der Waals surface area (Å²) in [5.74, 6) is -4.49. The minimum absolute atomic E-state index is 0.00523. The zero-order chi connectivity index (χ0) is 21.9. The first-order valence-corrected chi connectivity index (χ1v) is 11.9. The number of rotatable bonds is 5. The summed E-state index contributed by atoms with van der Waals surface area (Å²) in [6.07, 6.45) is 2.44. The Hall–Kier alpha value is -0.670. The molecule has 0 spiro atoms. The lowest BCUT2D eigenvalue weighted by Crippen LogP contribution is -2.59. The van der Waals surface area contributed by atoms with Crippen molar-refractivity contribution in [2.45, 2.75) is 38.3 Å². The number of fused-ring (bicyclic) bond motifs is 4. The van der Waals surface area contributed by atoms with Crippen molar-refractivity contribution >= 4 is 50.7 Å². The third-order valence-electron chi connectivity index (χ3n) is 7.27. The molecule has 6 nitrogen and oxygen atoms in total. The van der Waals surface area contributed by atoms with Gasteiger partial charge in [0.15, 0.2) is 10.7 Å². The topological polar surface area (TPSA) is 78.9 Å². The van der Waals surface area contributed by atoms with Crippen molar-refractivity contribution < 1.29 is 26.9 Å². The van der Waals surface area contributed by atoms with Crippen LogP contribution in [0.4, 0.5) is 0 Å². The number of carbonyl (C=O) groups is 1. The van der Waals surface area contributed by atoms with Gasteiger partial charge in [-0.2, -0.15) is 8.42 Å². The lowest BCUT2D eigenvalue weighted by Gasteiger charge is -2.41. The highest BCUT2D eigenvalue weighted by Gasteiger charge is 2.99. The average molecular weight is 494 g/mol. The number of ketones is 1. The Labute approximate surface area is 189 Å². The van der Waals surface area contributed by atoms with Gasteiger partial charge in [-0.1, -0.05) is 29.8 Å². The zero-order valence-electron chi connectivity index (χ0n) is 16.3. The molecule has 162 valence electrons. The van der Waals surface area contributed by atoms with E-state index in [0.29, 0.717) is 0 Å². The molecule has 0 heterocycles. The number of hydrogen-bond acceptors (Lipinski definition) is 6. The van der Waals surface area contributed by atoms with Gasteiger partial charge >= 0.3 is 0 Å². The molecule has 5 rings (SSSR count). The van der Waals surface area contributed by atoms with Crippen molar-refractivity contribution in [1.29, 1.82) is 0 Å². The molecule has 1 aromatic carbocycles. The summed E-state index contributed by atoms with van der Waals surface area (Å²) >= 11 is 21.0. The monoisotopic (exact) mass is 492 g/mol. The molecule has 10 heteroatoms. The van der Waals surface area contributed by atoms with E-state index in [9.17, 15) is 13.2 Å². The third kappa shape index (κ3) is 1.88. The van der Waals surface area contributed by atoms with Crippen LogP contribution in [0, 0.1) is 24.7 Å². The second-order valence-electron chi connectivity index (χ2n) is 8.28. The Morgan fingerprint density at radius 3 is 2.07 bits per heavy atom. The van der Waals surface area contributed by atoms with E-state index in [2.05, 4.69) is 0 Å². The summed E-state index contributed by atoms with van der Waals surface area (Å²) in [6, 6.07) is 6.29. The van der Waals surface area contributed by atoms with Gasteiger partial charge in [0, 0.05) is 32.0 Å². The van der Waals surface area contributed by atoms with Gasteiger partial charge in [0.25, 0.3) is 10.1 Å². The summed E-state index contributed by atoms with van der Waals surface area (Å²) in [5.41, 5.74) is 0.910. The fraction of sp³-hybridized carbons (Fsp3) is 0.550. The number of allylic oxidation sites excluding steroid dienone is 1. The highest BCUT2D eigenvalue weighted by Crippen LogP contribution is 2.81. The highest BCUT2D eigenvalue weighted by molar-refractivity contribution is 7.86. The molecule has 3 fully saturated rings. The predicted octanol–water partition coefficient (Wildman–Crippen LogP) is 3.02. The molecule has 0 aromatic heterocycles. The van der Waals surface area contributed by atoms with E-state index in [-0.39, 0.29) is 4.90 Å². The van der Waals surface area contributed by atoms with Gasteiger partial charge in [-0.15, -0.1) is 34.8 Å². The van der Waals surface area contributed by atoms with Crippen LogP contribution < -0.4 is 0 Å². The standard InChI is InChI=1S/C20H19Cl3O6S/c1-10-4-6-11(7-5-10)30(25,26)29-15-13-9-8-12-14(15)19(23)17(13,21)16(24)18(12,22)20(19,27-2)28-3/h4-9,12-15H,1-3H3/t12?,13?,14?,15?,17-,18-,19+/m0/s1. The SMILES string of the molecule is COC1(OC)[C@@]2(Cl)C(=O)[C@@]3(Cl)C4C=CC2C(C4OS(=O)(=O)c2ccc(C)cc2)[C@]13Cl. The molecule has 7 atom stereocenters. The van der Waals surface area contributed by atoms with Crippen LogP contribution >= 0.6 is 34.8 Å². The van der Waals surface area contributed by atoms with Crippen LogP contribution in [-0.4, -0.2) is 54.9 Å². The largest absolute Gasteiger partial charge is 0.350 e. The van der Waals surface area contributed by atoms with Crippen LogP contribution in [0.5, 0.6) is 0 Å².